The van der Waals surface area contributed by atoms with Gasteiger partial charge in [-0.1, -0.05) is 12.7 Å². The van der Waals surface area contributed by atoms with E-state index >= 15 is 0 Å². The summed E-state index contributed by atoms with van der Waals surface area (Å²) in [6, 6.07) is 1.98. The molecular weight excluding hydrogens is 166 g/mol. The number of hydrogen-bond donors (Lipinski definition) is 1. The van der Waals surface area contributed by atoms with Gasteiger partial charge in [0.1, 0.15) is 5.76 Å². The average Bonchev–Trinajstić information content (AvgIpc) is 2.16. The van der Waals surface area contributed by atoms with Crippen molar-refractivity contribution < 1.29 is 9.84 Å². The number of aliphatic hydroxyl groups is 1. The molecule has 0 radical (unpaired) electrons. The van der Waals surface area contributed by atoms with E-state index in [1.54, 1.807) is 12.2 Å². The molecule has 0 aliphatic rings. The van der Waals surface area contributed by atoms with Gasteiger partial charge in [0.05, 0.1) is 18.8 Å². The van der Waals surface area contributed by atoms with Crippen LogP contribution >= 0.6 is 0 Å². The van der Waals surface area contributed by atoms with Gasteiger partial charge in [-0.25, -0.2) is 0 Å². The first-order valence-corrected chi connectivity index (χ1v) is 3.86. The fourth-order valence-electron chi connectivity index (χ4n) is 0.635. The van der Waals surface area contributed by atoms with E-state index in [0.29, 0.717) is 17.8 Å². The van der Waals surface area contributed by atoms with E-state index in [1.807, 2.05) is 6.07 Å². The summed E-state index contributed by atoms with van der Waals surface area (Å²) in [6.07, 6.45) is 5.42. The Bertz CT molecular complexity index is 259. The van der Waals surface area contributed by atoms with Crippen molar-refractivity contribution >= 4 is 0 Å². The summed E-state index contributed by atoms with van der Waals surface area (Å²) in [4.78, 5) is 0. The molecule has 0 atom stereocenters. The normalized spacial score (nSPS) is 11.3. The van der Waals surface area contributed by atoms with Gasteiger partial charge in [0.15, 0.2) is 0 Å². The van der Waals surface area contributed by atoms with Crippen molar-refractivity contribution in [1.82, 2.24) is 0 Å². The van der Waals surface area contributed by atoms with Gasteiger partial charge in [-0.3, -0.25) is 0 Å². The Balaban J connectivity index is 4.27. The summed E-state index contributed by atoms with van der Waals surface area (Å²) < 4.78 is 4.78. The van der Waals surface area contributed by atoms with E-state index in [9.17, 15) is 0 Å². The average molecular weight is 179 g/mol. The Morgan fingerprint density at radius 2 is 2.38 bits per heavy atom. The third-order valence-electron chi connectivity index (χ3n) is 1.30. The molecular formula is C10H13NO2. The summed E-state index contributed by atoms with van der Waals surface area (Å²) in [5.41, 5.74) is 0.459. The molecule has 0 aliphatic heterocycles. The van der Waals surface area contributed by atoms with E-state index in [1.165, 1.54) is 13.2 Å². The lowest BCUT2D eigenvalue weighted by atomic mass is 10.2. The molecule has 0 fully saturated rings. The Morgan fingerprint density at radius 1 is 1.69 bits per heavy atom. The Hall–Kier alpha value is -1.53. The van der Waals surface area contributed by atoms with Gasteiger partial charge in [-0.2, -0.15) is 5.26 Å². The molecule has 0 bridgehead atoms. The van der Waals surface area contributed by atoms with Crippen LogP contribution in [0.15, 0.2) is 36.1 Å². The molecule has 0 aromatic heterocycles. The first-order chi connectivity index (χ1) is 6.24. The predicted octanol–water partition coefficient (Wildman–Crippen LogP) is 1.54. The molecule has 0 saturated carbocycles. The van der Waals surface area contributed by atoms with E-state index in [0.717, 1.165) is 0 Å². The Morgan fingerprint density at radius 3 is 2.85 bits per heavy atom. The first-order valence-electron chi connectivity index (χ1n) is 3.86. The topological polar surface area (TPSA) is 53.2 Å². The SMILES string of the molecule is C=C(/C=C(C#N)\C=C/CCO)OC. The summed E-state index contributed by atoms with van der Waals surface area (Å²) >= 11 is 0. The minimum absolute atomic E-state index is 0.0838. The highest BCUT2D eigenvalue weighted by Crippen LogP contribution is 2.02. The van der Waals surface area contributed by atoms with Crippen molar-refractivity contribution in [3.63, 3.8) is 0 Å². The second kappa shape index (κ2) is 7.14. The smallest absolute Gasteiger partial charge is 0.113 e. The lowest BCUT2D eigenvalue weighted by Crippen LogP contribution is -1.82. The van der Waals surface area contributed by atoms with Gasteiger partial charge in [0, 0.05) is 6.61 Å². The molecule has 0 unspecified atom stereocenters. The van der Waals surface area contributed by atoms with Crippen LogP contribution in [0, 0.1) is 11.3 Å². The van der Waals surface area contributed by atoms with Crippen molar-refractivity contribution in [2.24, 2.45) is 0 Å². The van der Waals surface area contributed by atoms with Gasteiger partial charge in [0.2, 0.25) is 0 Å². The van der Waals surface area contributed by atoms with Gasteiger partial charge in [-0.05, 0) is 18.6 Å². The molecule has 0 rings (SSSR count). The van der Waals surface area contributed by atoms with Crippen LogP contribution in [-0.2, 0) is 4.74 Å². The summed E-state index contributed by atoms with van der Waals surface area (Å²) in [7, 11) is 1.49. The van der Waals surface area contributed by atoms with Crippen LogP contribution in [0.1, 0.15) is 6.42 Å². The number of aliphatic hydroxyl groups excluding tert-OH is 1. The fourth-order valence-corrected chi connectivity index (χ4v) is 0.635. The molecule has 0 amide bonds. The molecule has 3 heteroatoms. The second-order valence-electron chi connectivity index (χ2n) is 2.30. The zero-order valence-electron chi connectivity index (χ0n) is 7.66. The number of nitriles is 1. The van der Waals surface area contributed by atoms with Crippen molar-refractivity contribution in [2.75, 3.05) is 13.7 Å². The van der Waals surface area contributed by atoms with E-state index in [4.69, 9.17) is 15.1 Å². The van der Waals surface area contributed by atoms with Crippen molar-refractivity contribution in [2.45, 2.75) is 6.42 Å². The maximum absolute atomic E-state index is 8.64. The number of ether oxygens (including phenoxy) is 1. The molecule has 0 aromatic rings. The van der Waals surface area contributed by atoms with Crippen LogP contribution < -0.4 is 0 Å². The number of hydrogen-bond acceptors (Lipinski definition) is 3. The van der Waals surface area contributed by atoms with E-state index < -0.39 is 0 Å². The zero-order valence-corrected chi connectivity index (χ0v) is 7.66. The summed E-state index contributed by atoms with van der Waals surface area (Å²) in [5.74, 6) is 0.435. The monoisotopic (exact) mass is 179 g/mol. The number of rotatable bonds is 5. The molecule has 0 saturated heterocycles. The van der Waals surface area contributed by atoms with Crippen molar-refractivity contribution in [3.8, 4) is 6.07 Å². The van der Waals surface area contributed by atoms with Crippen LogP contribution in [0.25, 0.3) is 0 Å². The van der Waals surface area contributed by atoms with Gasteiger partial charge in [-0.15, -0.1) is 0 Å². The van der Waals surface area contributed by atoms with Crippen LogP contribution in [-0.4, -0.2) is 18.8 Å². The molecule has 0 spiro atoms. The molecule has 3 nitrogen and oxygen atoms in total. The molecule has 70 valence electrons. The van der Waals surface area contributed by atoms with E-state index in [-0.39, 0.29) is 6.61 Å². The van der Waals surface area contributed by atoms with Crippen LogP contribution in [0.3, 0.4) is 0 Å². The maximum atomic E-state index is 8.64. The minimum Gasteiger partial charge on any atom is -0.497 e. The van der Waals surface area contributed by atoms with Crippen LogP contribution in [0.4, 0.5) is 0 Å². The molecule has 0 heterocycles. The van der Waals surface area contributed by atoms with Crippen molar-refractivity contribution in [3.05, 3.63) is 36.1 Å². The number of allylic oxidation sites excluding steroid dienone is 3. The molecule has 0 aliphatic carbocycles. The summed E-state index contributed by atoms with van der Waals surface area (Å²) in [5, 5.41) is 17.1. The van der Waals surface area contributed by atoms with Gasteiger partial charge in [0.25, 0.3) is 0 Å². The highest BCUT2D eigenvalue weighted by molar-refractivity contribution is 5.37. The van der Waals surface area contributed by atoms with Crippen LogP contribution in [0.5, 0.6) is 0 Å². The third-order valence-corrected chi connectivity index (χ3v) is 1.30. The van der Waals surface area contributed by atoms with Gasteiger partial charge < -0.3 is 9.84 Å². The summed E-state index contributed by atoms with van der Waals surface area (Å²) in [6.45, 7) is 3.64. The maximum Gasteiger partial charge on any atom is 0.113 e. The number of nitrogens with zero attached hydrogens (tertiary/aromatic N) is 1. The fraction of sp³-hybridized carbons (Fsp3) is 0.300. The quantitative estimate of drug-likeness (QED) is 0.395. The Kier molecular flexibility index (Phi) is 6.30. The second-order valence-corrected chi connectivity index (χ2v) is 2.30. The predicted molar refractivity (Wildman–Crippen MR) is 50.7 cm³/mol. The lowest BCUT2D eigenvalue weighted by Gasteiger charge is -1.95. The molecule has 1 N–H and O–H groups in total. The Labute approximate surface area is 78.3 Å². The zero-order chi connectivity index (χ0) is 10.1. The first kappa shape index (κ1) is 11.5. The van der Waals surface area contributed by atoms with E-state index in [2.05, 4.69) is 6.58 Å². The lowest BCUT2D eigenvalue weighted by molar-refractivity contribution is 0.302. The van der Waals surface area contributed by atoms with Crippen molar-refractivity contribution in [1.29, 1.82) is 5.26 Å². The highest BCUT2D eigenvalue weighted by Gasteiger charge is 1.90. The standard InChI is InChI=1S/C10H13NO2/c1-9(13-2)7-10(8-11)5-3-4-6-12/h3,5,7,12H,1,4,6H2,2H3/b5-3-,10-7+. The molecule has 0 aromatic carbocycles. The third kappa shape index (κ3) is 5.71. The highest BCUT2D eigenvalue weighted by atomic mass is 16.5. The number of methoxy groups -OCH3 is 1. The van der Waals surface area contributed by atoms with Gasteiger partial charge >= 0.3 is 0 Å². The molecule has 13 heavy (non-hydrogen) atoms. The van der Waals surface area contributed by atoms with Crippen LogP contribution in [0.2, 0.25) is 0 Å². The largest absolute Gasteiger partial charge is 0.497 e. The minimum atomic E-state index is 0.0838.